The summed E-state index contributed by atoms with van der Waals surface area (Å²) in [6.07, 6.45) is 4.75. The minimum Gasteiger partial charge on any atom is -0.368 e. The van der Waals surface area contributed by atoms with Crippen LogP contribution in [0.15, 0.2) is 0 Å². The van der Waals surface area contributed by atoms with Gasteiger partial charge >= 0.3 is 0 Å². The van der Waals surface area contributed by atoms with E-state index in [4.69, 9.17) is 10.5 Å². The number of unbranched alkanes of at least 4 members (excludes halogenated alkanes) is 1. The summed E-state index contributed by atoms with van der Waals surface area (Å²) in [6.45, 7) is 2.13. The lowest BCUT2D eigenvalue weighted by molar-refractivity contribution is -0.135. The first-order chi connectivity index (χ1) is 6.84. The van der Waals surface area contributed by atoms with Crippen molar-refractivity contribution in [1.29, 1.82) is 0 Å². The predicted molar refractivity (Wildman–Crippen MR) is 62.1 cm³/mol. The van der Waals surface area contributed by atoms with Crippen molar-refractivity contribution in [2.45, 2.75) is 38.2 Å². The third-order valence-electron chi connectivity index (χ3n) is 2.40. The Bertz CT molecular complexity index is 173. The molecule has 15 heavy (non-hydrogen) atoms. The lowest BCUT2D eigenvalue weighted by Gasteiger charge is -2.21. The number of carbonyl (C=O) groups excluding carboxylic acids is 1. The maximum absolute atomic E-state index is 11.5. The van der Waals surface area contributed by atoms with Crippen molar-refractivity contribution in [3.8, 4) is 0 Å². The molecule has 5 heteroatoms. The van der Waals surface area contributed by atoms with Gasteiger partial charge in [-0.25, -0.2) is 0 Å². The van der Waals surface area contributed by atoms with Gasteiger partial charge in [-0.15, -0.1) is 12.4 Å². The van der Waals surface area contributed by atoms with Crippen LogP contribution in [0.4, 0.5) is 0 Å². The summed E-state index contributed by atoms with van der Waals surface area (Å²) in [5, 5.41) is 2.87. The average Bonchev–Trinajstić information content (AvgIpc) is 2.25. The lowest BCUT2D eigenvalue weighted by Crippen LogP contribution is -2.38. The van der Waals surface area contributed by atoms with Gasteiger partial charge in [0, 0.05) is 13.2 Å². The molecule has 1 aliphatic rings. The van der Waals surface area contributed by atoms with Crippen molar-refractivity contribution < 1.29 is 9.53 Å². The molecule has 0 radical (unpaired) electrons. The number of amides is 1. The normalized spacial score (nSPS) is 20.5. The predicted octanol–water partition coefficient (Wildman–Crippen LogP) is 0.832. The zero-order valence-corrected chi connectivity index (χ0v) is 9.85. The van der Waals surface area contributed by atoms with Gasteiger partial charge in [-0.1, -0.05) is 0 Å². The van der Waals surface area contributed by atoms with Crippen LogP contribution in [0, 0.1) is 0 Å². The van der Waals surface area contributed by atoms with Crippen LogP contribution in [-0.2, 0) is 9.53 Å². The molecule has 0 bridgehead atoms. The molecule has 0 aromatic rings. The van der Waals surface area contributed by atoms with Crippen molar-refractivity contribution in [2.24, 2.45) is 5.73 Å². The largest absolute Gasteiger partial charge is 0.368 e. The molecule has 1 heterocycles. The van der Waals surface area contributed by atoms with Gasteiger partial charge < -0.3 is 15.8 Å². The number of ether oxygens (including phenoxy) is 1. The molecule has 1 amide bonds. The number of rotatable bonds is 5. The standard InChI is InChI=1S/C10H20N2O2.ClH/c11-6-2-3-7-12-10(13)9-5-1-4-8-14-9;/h9H,1-8,11H2,(H,12,13);1H. The summed E-state index contributed by atoms with van der Waals surface area (Å²) in [4.78, 5) is 11.5. The molecule has 0 saturated carbocycles. The van der Waals surface area contributed by atoms with Gasteiger partial charge in [0.05, 0.1) is 0 Å². The van der Waals surface area contributed by atoms with Gasteiger partial charge in [-0.05, 0) is 38.6 Å². The maximum atomic E-state index is 11.5. The number of carbonyl (C=O) groups is 1. The van der Waals surface area contributed by atoms with E-state index in [0.717, 1.165) is 45.3 Å². The number of hydrogen-bond donors (Lipinski definition) is 2. The molecule has 0 aromatic carbocycles. The molecule has 90 valence electrons. The molecular weight excluding hydrogens is 216 g/mol. The second-order valence-corrected chi connectivity index (χ2v) is 3.64. The topological polar surface area (TPSA) is 64.3 Å². The van der Waals surface area contributed by atoms with Crippen LogP contribution in [0.5, 0.6) is 0 Å². The first kappa shape index (κ1) is 14.7. The fraction of sp³-hybridized carbons (Fsp3) is 0.900. The second kappa shape index (κ2) is 8.95. The van der Waals surface area contributed by atoms with E-state index >= 15 is 0 Å². The highest BCUT2D eigenvalue weighted by molar-refractivity contribution is 5.85. The Morgan fingerprint density at radius 2 is 2.20 bits per heavy atom. The molecule has 1 saturated heterocycles. The SMILES string of the molecule is Cl.NCCCCNC(=O)C1CCCCO1. The summed E-state index contributed by atoms with van der Waals surface area (Å²) in [5.74, 6) is 0.0433. The van der Waals surface area contributed by atoms with E-state index in [2.05, 4.69) is 5.32 Å². The summed E-state index contributed by atoms with van der Waals surface area (Å²) >= 11 is 0. The highest BCUT2D eigenvalue weighted by atomic mass is 35.5. The minimum atomic E-state index is -0.207. The third kappa shape index (κ3) is 5.97. The van der Waals surface area contributed by atoms with E-state index in [0.29, 0.717) is 6.54 Å². The first-order valence-electron chi connectivity index (χ1n) is 5.44. The van der Waals surface area contributed by atoms with Crippen molar-refractivity contribution in [3.63, 3.8) is 0 Å². The fourth-order valence-electron chi connectivity index (χ4n) is 1.54. The molecule has 0 aromatic heterocycles. The first-order valence-corrected chi connectivity index (χ1v) is 5.44. The Kier molecular flexibility index (Phi) is 8.76. The van der Waals surface area contributed by atoms with Gasteiger partial charge in [0.1, 0.15) is 6.10 Å². The zero-order chi connectivity index (χ0) is 10.2. The molecule has 1 unspecified atom stereocenters. The molecule has 0 aliphatic carbocycles. The van der Waals surface area contributed by atoms with E-state index in [-0.39, 0.29) is 24.4 Å². The molecule has 1 aliphatic heterocycles. The summed E-state index contributed by atoms with van der Waals surface area (Å²) in [5.41, 5.74) is 5.35. The monoisotopic (exact) mass is 236 g/mol. The highest BCUT2D eigenvalue weighted by Crippen LogP contribution is 2.12. The molecular formula is C10H21ClN2O2. The molecule has 1 atom stereocenters. The Hall–Kier alpha value is -0.320. The van der Waals surface area contributed by atoms with Crippen LogP contribution < -0.4 is 11.1 Å². The molecule has 4 nitrogen and oxygen atoms in total. The Labute approximate surface area is 97.3 Å². The van der Waals surface area contributed by atoms with E-state index in [9.17, 15) is 4.79 Å². The van der Waals surface area contributed by atoms with Gasteiger partial charge in [0.15, 0.2) is 0 Å². The number of hydrogen-bond acceptors (Lipinski definition) is 3. The Morgan fingerprint density at radius 3 is 2.80 bits per heavy atom. The lowest BCUT2D eigenvalue weighted by atomic mass is 10.1. The van der Waals surface area contributed by atoms with Crippen molar-refractivity contribution in [1.82, 2.24) is 5.32 Å². The van der Waals surface area contributed by atoms with Gasteiger partial charge in [-0.2, -0.15) is 0 Å². The fourth-order valence-corrected chi connectivity index (χ4v) is 1.54. The van der Waals surface area contributed by atoms with Crippen LogP contribution in [0.3, 0.4) is 0 Å². The van der Waals surface area contributed by atoms with Crippen molar-refractivity contribution >= 4 is 18.3 Å². The van der Waals surface area contributed by atoms with Crippen LogP contribution >= 0.6 is 12.4 Å². The maximum Gasteiger partial charge on any atom is 0.249 e. The van der Waals surface area contributed by atoms with Crippen LogP contribution in [0.2, 0.25) is 0 Å². The third-order valence-corrected chi connectivity index (χ3v) is 2.40. The van der Waals surface area contributed by atoms with Gasteiger partial charge in [0.25, 0.3) is 0 Å². The summed E-state index contributed by atoms with van der Waals surface area (Å²) in [7, 11) is 0. The molecule has 3 N–H and O–H groups in total. The van der Waals surface area contributed by atoms with Crippen LogP contribution in [0.25, 0.3) is 0 Å². The van der Waals surface area contributed by atoms with E-state index in [1.54, 1.807) is 0 Å². The van der Waals surface area contributed by atoms with Crippen LogP contribution in [-0.4, -0.2) is 31.7 Å². The zero-order valence-electron chi connectivity index (χ0n) is 9.04. The number of halogens is 1. The van der Waals surface area contributed by atoms with E-state index < -0.39 is 0 Å². The molecule has 0 spiro atoms. The molecule has 1 fully saturated rings. The number of nitrogens with two attached hydrogens (primary N) is 1. The summed E-state index contributed by atoms with van der Waals surface area (Å²) in [6, 6.07) is 0. The molecule has 1 rings (SSSR count). The van der Waals surface area contributed by atoms with Crippen molar-refractivity contribution in [3.05, 3.63) is 0 Å². The van der Waals surface area contributed by atoms with Crippen molar-refractivity contribution in [2.75, 3.05) is 19.7 Å². The second-order valence-electron chi connectivity index (χ2n) is 3.64. The Morgan fingerprint density at radius 1 is 1.40 bits per heavy atom. The van der Waals surface area contributed by atoms with Gasteiger partial charge in [0.2, 0.25) is 5.91 Å². The van der Waals surface area contributed by atoms with E-state index in [1.165, 1.54) is 0 Å². The van der Waals surface area contributed by atoms with Crippen LogP contribution in [0.1, 0.15) is 32.1 Å². The van der Waals surface area contributed by atoms with E-state index in [1.807, 2.05) is 0 Å². The minimum absolute atomic E-state index is 0. The summed E-state index contributed by atoms with van der Waals surface area (Å²) < 4.78 is 5.36. The smallest absolute Gasteiger partial charge is 0.249 e. The number of nitrogens with one attached hydrogen (secondary N) is 1. The highest BCUT2D eigenvalue weighted by Gasteiger charge is 2.20. The van der Waals surface area contributed by atoms with Gasteiger partial charge in [-0.3, -0.25) is 4.79 Å². The quantitative estimate of drug-likeness (QED) is 0.695. The Balaban J connectivity index is 0.00000196. The average molecular weight is 237 g/mol.